The van der Waals surface area contributed by atoms with Crippen LogP contribution in [-0.4, -0.2) is 46.9 Å². The first-order valence-electron chi connectivity index (χ1n) is 9.82. The molecule has 1 aromatic carbocycles. The normalized spacial score (nSPS) is 19.2. The summed E-state index contributed by atoms with van der Waals surface area (Å²) in [7, 11) is 0. The fourth-order valence-electron chi connectivity index (χ4n) is 3.75. The number of carbonyl (C=O) groups excluding carboxylic acids is 2. The number of rotatable bonds is 8. The molecule has 2 unspecified atom stereocenters. The van der Waals surface area contributed by atoms with Gasteiger partial charge in [-0.15, -0.1) is 0 Å². The van der Waals surface area contributed by atoms with Gasteiger partial charge in [-0.2, -0.15) is 0 Å². The highest BCUT2D eigenvalue weighted by atomic mass is 16.4. The molecule has 148 valence electrons. The summed E-state index contributed by atoms with van der Waals surface area (Å²) in [6.45, 7) is 4.35. The summed E-state index contributed by atoms with van der Waals surface area (Å²) in [5, 5.41) is 12.7. The van der Waals surface area contributed by atoms with Gasteiger partial charge in [-0.1, -0.05) is 44.2 Å². The van der Waals surface area contributed by atoms with E-state index in [1.807, 2.05) is 19.9 Å². The highest BCUT2D eigenvalue weighted by Gasteiger charge is 2.40. The number of carbonyl (C=O) groups is 3. The summed E-state index contributed by atoms with van der Waals surface area (Å²) < 4.78 is 0. The minimum absolute atomic E-state index is 0.000369. The number of carboxylic acid groups (broad SMARTS) is 1. The lowest BCUT2D eigenvalue weighted by Crippen LogP contribution is -2.55. The van der Waals surface area contributed by atoms with Crippen LogP contribution < -0.4 is 5.32 Å². The number of aliphatic carboxylic acids is 1. The molecule has 0 aromatic heterocycles. The van der Waals surface area contributed by atoms with Crippen LogP contribution in [0.25, 0.3) is 0 Å². The number of hydrogen-bond acceptors (Lipinski definition) is 3. The van der Waals surface area contributed by atoms with E-state index < -0.39 is 17.4 Å². The molecule has 1 saturated heterocycles. The van der Waals surface area contributed by atoms with Crippen LogP contribution in [0.5, 0.6) is 0 Å². The first-order chi connectivity index (χ1) is 13.0. The maximum Gasteiger partial charge on any atom is 0.315 e. The first-order valence-corrected chi connectivity index (χ1v) is 9.82. The Bertz CT molecular complexity index is 661. The van der Waals surface area contributed by atoms with Gasteiger partial charge in [0.2, 0.25) is 11.8 Å². The molecule has 0 spiro atoms. The van der Waals surface area contributed by atoms with Crippen molar-refractivity contribution in [3.63, 3.8) is 0 Å². The molecule has 2 N–H and O–H groups in total. The van der Waals surface area contributed by atoms with E-state index in [0.29, 0.717) is 31.4 Å². The number of nitrogens with one attached hydrogen (secondary N) is 1. The van der Waals surface area contributed by atoms with Crippen LogP contribution in [0.3, 0.4) is 0 Å². The molecule has 0 saturated carbocycles. The van der Waals surface area contributed by atoms with Crippen LogP contribution >= 0.6 is 0 Å². The van der Waals surface area contributed by atoms with Crippen molar-refractivity contribution in [3.8, 4) is 0 Å². The van der Waals surface area contributed by atoms with Crippen molar-refractivity contribution in [1.29, 1.82) is 0 Å². The Labute approximate surface area is 160 Å². The second kappa shape index (κ2) is 9.53. The van der Waals surface area contributed by atoms with Gasteiger partial charge in [-0.3, -0.25) is 14.4 Å². The maximum absolute atomic E-state index is 12.8. The van der Waals surface area contributed by atoms with E-state index in [2.05, 4.69) is 5.32 Å². The first kappa shape index (κ1) is 20.9. The number of hydrogen-bond donors (Lipinski definition) is 2. The van der Waals surface area contributed by atoms with E-state index in [4.69, 9.17) is 0 Å². The molecule has 2 amide bonds. The number of nitrogens with zero attached hydrogens (tertiary/aromatic N) is 1. The van der Waals surface area contributed by atoms with E-state index >= 15 is 0 Å². The summed E-state index contributed by atoms with van der Waals surface area (Å²) in [5.41, 5.74) is -0.507. The number of likely N-dealkylation sites (tertiary alicyclic amines) is 1. The minimum Gasteiger partial charge on any atom is -0.481 e. The summed E-state index contributed by atoms with van der Waals surface area (Å²) in [6, 6.07) is 8.50. The van der Waals surface area contributed by atoms with Gasteiger partial charge in [0.25, 0.3) is 0 Å². The topological polar surface area (TPSA) is 86.7 Å². The van der Waals surface area contributed by atoms with Crippen molar-refractivity contribution < 1.29 is 19.5 Å². The molecular weight excluding hydrogens is 344 g/mol. The van der Waals surface area contributed by atoms with Crippen molar-refractivity contribution in [1.82, 2.24) is 10.2 Å². The lowest BCUT2D eigenvalue weighted by molar-refractivity contribution is -0.145. The van der Waals surface area contributed by atoms with Gasteiger partial charge >= 0.3 is 5.97 Å². The zero-order valence-electron chi connectivity index (χ0n) is 16.2. The molecular formula is C21H30N2O4. The molecule has 1 aliphatic rings. The highest BCUT2D eigenvalue weighted by molar-refractivity contribution is 5.89. The van der Waals surface area contributed by atoms with Crippen molar-refractivity contribution >= 4 is 17.8 Å². The number of amides is 2. The Morgan fingerprint density at radius 2 is 1.89 bits per heavy atom. The standard InChI is InChI=1S/C21H30N2O4/c1-3-10-18(24)23-14-9-8-13-17(23)19(25)22-15-21(4-2,20(26)27)16-11-6-5-7-12-16/h5-7,11-12,17H,3-4,8-10,13-15H2,1-2H3,(H,22,25)(H,26,27). The van der Waals surface area contributed by atoms with Crippen molar-refractivity contribution in [3.05, 3.63) is 35.9 Å². The zero-order chi connectivity index (χ0) is 19.9. The molecule has 1 heterocycles. The average molecular weight is 374 g/mol. The predicted molar refractivity (Wildman–Crippen MR) is 103 cm³/mol. The van der Waals surface area contributed by atoms with Gasteiger partial charge in [-0.25, -0.2) is 0 Å². The number of piperidine rings is 1. The lowest BCUT2D eigenvalue weighted by atomic mass is 9.78. The highest BCUT2D eigenvalue weighted by Crippen LogP contribution is 2.28. The molecule has 2 rings (SSSR count). The van der Waals surface area contributed by atoms with Crippen LogP contribution in [0.1, 0.15) is 57.9 Å². The molecule has 6 heteroatoms. The number of carboxylic acids is 1. The third kappa shape index (κ3) is 4.67. The van der Waals surface area contributed by atoms with Crippen molar-refractivity contribution in [2.45, 2.75) is 63.8 Å². The SMILES string of the molecule is CCCC(=O)N1CCCCC1C(=O)NCC(CC)(C(=O)O)c1ccccc1. The quantitative estimate of drug-likeness (QED) is 0.732. The van der Waals surface area contributed by atoms with Crippen LogP contribution in [0, 0.1) is 0 Å². The van der Waals surface area contributed by atoms with Gasteiger partial charge < -0.3 is 15.3 Å². The molecule has 2 atom stereocenters. The second-order valence-corrected chi connectivity index (χ2v) is 7.17. The van der Waals surface area contributed by atoms with E-state index in [1.165, 1.54) is 0 Å². The van der Waals surface area contributed by atoms with Crippen LogP contribution in [-0.2, 0) is 19.8 Å². The monoisotopic (exact) mass is 374 g/mol. The smallest absolute Gasteiger partial charge is 0.315 e. The van der Waals surface area contributed by atoms with Gasteiger partial charge in [-0.05, 0) is 37.7 Å². The van der Waals surface area contributed by atoms with E-state index in [0.717, 1.165) is 19.3 Å². The third-order valence-electron chi connectivity index (χ3n) is 5.49. The number of benzene rings is 1. The predicted octanol–water partition coefficient (Wildman–Crippen LogP) is 2.72. The Hall–Kier alpha value is -2.37. The Balaban J connectivity index is 2.15. The fraction of sp³-hybridized carbons (Fsp3) is 0.571. The van der Waals surface area contributed by atoms with Crippen LogP contribution in [0.15, 0.2) is 30.3 Å². The van der Waals surface area contributed by atoms with Crippen molar-refractivity contribution in [2.24, 2.45) is 0 Å². The zero-order valence-corrected chi connectivity index (χ0v) is 16.2. The van der Waals surface area contributed by atoms with Crippen LogP contribution in [0.2, 0.25) is 0 Å². The molecule has 27 heavy (non-hydrogen) atoms. The molecule has 0 radical (unpaired) electrons. The van der Waals surface area contributed by atoms with Gasteiger partial charge in [0.15, 0.2) is 0 Å². The Kier molecular flexibility index (Phi) is 7.39. The summed E-state index contributed by atoms with van der Waals surface area (Å²) in [6.07, 6.45) is 3.95. The summed E-state index contributed by atoms with van der Waals surface area (Å²) >= 11 is 0. The summed E-state index contributed by atoms with van der Waals surface area (Å²) in [5.74, 6) is -1.21. The fourth-order valence-corrected chi connectivity index (χ4v) is 3.75. The Morgan fingerprint density at radius 3 is 2.48 bits per heavy atom. The van der Waals surface area contributed by atoms with Gasteiger partial charge in [0, 0.05) is 19.5 Å². The summed E-state index contributed by atoms with van der Waals surface area (Å²) in [4.78, 5) is 38.9. The molecule has 0 bridgehead atoms. The molecule has 1 fully saturated rings. The Morgan fingerprint density at radius 1 is 1.19 bits per heavy atom. The minimum atomic E-state index is -1.18. The molecule has 0 aliphatic carbocycles. The lowest BCUT2D eigenvalue weighted by Gasteiger charge is -2.36. The van der Waals surface area contributed by atoms with Gasteiger partial charge in [0.05, 0.1) is 0 Å². The maximum atomic E-state index is 12.8. The van der Waals surface area contributed by atoms with Gasteiger partial charge in [0.1, 0.15) is 11.5 Å². The van der Waals surface area contributed by atoms with Crippen molar-refractivity contribution in [2.75, 3.05) is 13.1 Å². The molecule has 1 aliphatic heterocycles. The van der Waals surface area contributed by atoms with E-state index in [9.17, 15) is 19.5 Å². The average Bonchev–Trinajstić information content (AvgIpc) is 2.69. The van der Waals surface area contributed by atoms with Crippen LogP contribution in [0.4, 0.5) is 0 Å². The molecule has 1 aromatic rings. The van der Waals surface area contributed by atoms with E-state index in [1.54, 1.807) is 29.2 Å². The second-order valence-electron chi connectivity index (χ2n) is 7.17. The van der Waals surface area contributed by atoms with E-state index in [-0.39, 0.29) is 18.4 Å². The largest absolute Gasteiger partial charge is 0.481 e. The molecule has 6 nitrogen and oxygen atoms in total. The third-order valence-corrected chi connectivity index (χ3v) is 5.49.